The normalized spacial score (nSPS) is 12.5. The van der Waals surface area contributed by atoms with Crippen molar-refractivity contribution in [1.29, 1.82) is 0 Å². The van der Waals surface area contributed by atoms with Gasteiger partial charge in [0.25, 0.3) is 0 Å². The van der Waals surface area contributed by atoms with Gasteiger partial charge in [-0.25, -0.2) is 0 Å². The maximum absolute atomic E-state index is 5.72. The minimum atomic E-state index is 0.200. The molecular weight excluding hydrogens is 242 g/mol. The van der Waals surface area contributed by atoms with Crippen LogP contribution in [-0.2, 0) is 9.47 Å². The smallest absolute Gasteiger partial charge is 0.151 e. The van der Waals surface area contributed by atoms with Gasteiger partial charge >= 0.3 is 0 Å². The zero-order valence-corrected chi connectivity index (χ0v) is 11.1. The van der Waals surface area contributed by atoms with E-state index < -0.39 is 0 Å². The van der Waals surface area contributed by atoms with Gasteiger partial charge in [-0.05, 0) is 19.1 Å². The summed E-state index contributed by atoms with van der Waals surface area (Å²) in [5.41, 5.74) is 0. The molecule has 0 fully saturated rings. The van der Waals surface area contributed by atoms with Gasteiger partial charge < -0.3 is 14.4 Å². The molecule has 0 amide bonds. The number of halogens is 1. The molecule has 1 unspecified atom stereocenters. The maximum atomic E-state index is 5.72. The molecule has 96 valence electrons. The number of methoxy groups -OCH3 is 2. The van der Waals surface area contributed by atoms with E-state index in [-0.39, 0.29) is 6.04 Å². The molecule has 0 radical (unpaired) electrons. The van der Waals surface area contributed by atoms with Gasteiger partial charge in [0.15, 0.2) is 11.0 Å². The van der Waals surface area contributed by atoms with Gasteiger partial charge in [0.2, 0.25) is 0 Å². The molecule has 1 heterocycles. The monoisotopic (exact) mass is 259 g/mol. The quantitative estimate of drug-likeness (QED) is 0.745. The first kappa shape index (κ1) is 14.2. The van der Waals surface area contributed by atoms with Crippen molar-refractivity contribution in [2.45, 2.75) is 13.0 Å². The third-order valence-electron chi connectivity index (χ3n) is 2.39. The van der Waals surface area contributed by atoms with E-state index in [0.29, 0.717) is 18.4 Å². The third kappa shape index (κ3) is 4.46. The Labute approximate surface area is 107 Å². The summed E-state index contributed by atoms with van der Waals surface area (Å²) in [5, 5.41) is 8.30. The highest BCUT2D eigenvalue weighted by molar-refractivity contribution is 6.29. The van der Waals surface area contributed by atoms with Gasteiger partial charge in [0.1, 0.15) is 0 Å². The lowest BCUT2D eigenvalue weighted by molar-refractivity contribution is 0.170. The molecule has 0 N–H and O–H groups in total. The second kappa shape index (κ2) is 7.42. The van der Waals surface area contributed by atoms with Crippen molar-refractivity contribution in [1.82, 2.24) is 10.2 Å². The minimum Gasteiger partial charge on any atom is -0.383 e. The molecule has 6 heteroatoms. The third-order valence-corrected chi connectivity index (χ3v) is 2.59. The van der Waals surface area contributed by atoms with E-state index in [1.807, 2.05) is 6.07 Å². The molecule has 0 saturated heterocycles. The number of hydrogen-bond donors (Lipinski definition) is 0. The van der Waals surface area contributed by atoms with Crippen LogP contribution >= 0.6 is 11.6 Å². The lowest BCUT2D eigenvalue weighted by atomic mass is 10.3. The molecule has 0 saturated carbocycles. The number of rotatable bonds is 7. The van der Waals surface area contributed by atoms with Crippen LogP contribution in [0.25, 0.3) is 0 Å². The van der Waals surface area contributed by atoms with E-state index in [4.69, 9.17) is 21.1 Å². The zero-order valence-electron chi connectivity index (χ0n) is 10.4. The maximum Gasteiger partial charge on any atom is 0.151 e. The Hall–Kier alpha value is -0.910. The first-order valence-electron chi connectivity index (χ1n) is 5.42. The van der Waals surface area contributed by atoms with Crippen LogP contribution in [0.2, 0.25) is 5.15 Å². The Morgan fingerprint density at radius 3 is 2.59 bits per heavy atom. The molecule has 0 aromatic carbocycles. The summed E-state index contributed by atoms with van der Waals surface area (Å²) in [6, 6.07) is 3.77. The Morgan fingerprint density at radius 2 is 2.06 bits per heavy atom. The molecule has 0 aliphatic rings. The molecule has 0 aliphatic heterocycles. The van der Waals surface area contributed by atoms with Crippen LogP contribution in [-0.4, -0.2) is 50.2 Å². The van der Waals surface area contributed by atoms with Crippen LogP contribution in [0.1, 0.15) is 6.92 Å². The number of hydrogen-bond acceptors (Lipinski definition) is 5. The standard InChI is InChI=1S/C11H18ClN3O2/c1-9(8-17-3)15(6-7-16-2)11-5-4-10(12)13-14-11/h4-5,9H,6-8H2,1-3H3. The van der Waals surface area contributed by atoms with Crippen molar-refractivity contribution < 1.29 is 9.47 Å². The van der Waals surface area contributed by atoms with Crippen LogP contribution in [0.5, 0.6) is 0 Å². The molecule has 0 aliphatic carbocycles. The summed E-state index contributed by atoms with van der Waals surface area (Å²) in [6.07, 6.45) is 0. The highest BCUT2D eigenvalue weighted by Crippen LogP contribution is 2.14. The van der Waals surface area contributed by atoms with E-state index >= 15 is 0 Å². The Kier molecular flexibility index (Phi) is 6.18. The van der Waals surface area contributed by atoms with Crippen LogP contribution in [0.4, 0.5) is 5.82 Å². The zero-order chi connectivity index (χ0) is 12.7. The van der Waals surface area contributed by atoms with Crippen molar-refractivity contribution >= 4 is 17.4 Å². The van der Waals surface area contributed by atoms with Gasteiger partial charge in [-0.1, -0.05) is 11.6 Å². The molecule has 5 nitrogen and oxygen atoms in total. The van der Waals surface area contributed by atoms with Gasteiger partial charge in [0.05, 0.1) is 19.3 Å². The SMILES string of the molecule is COCCN(c1ccc(Cl)nn1)C(C)COC. The molecule has 1 aromatic rings. The second-order valence-corrected chi connectivity index (χ2v) is 4.09. The predicted octanol–water partition coefficient (Wildman–Crippen LogP) is 1.62. The first-order valence-corrected chi connectivity index (χ1v) is 5.80. The summed E-state index contributed by atoms with van der Waals surface area (Å²) in [5.74, 6) is 0.774. The van der Waals surface area contributed by atoms with Crippen LogP contribution in [0, 0.1) is 0 Å². The average Bonchev–Trinajstić information content (AvgIpc) is 2.32. The predicted molar refractivity (Wildman–Crippen MR) is 67.6 cm³/mol. The molecule has 0 spiro atoms. The molecule has 0 bridgehead atoms. The number of anilines is 1. The van der Waals surface area contributed by atoms with Crippen molar-refractivity contribution in [2.75, 3.05) is 38.9 Å². The van der Waals surface area contributed by atoms with Gasteiger partial charge in [-0.15, -0.1) is 10.2 Å². The van der Waals surface area contributed by atoms with E-state index in [2.05, 4.69) is 22.0 Å². The summed E-state index contributed by atoms with van der Waals surface area (Å²) in [6.45, 7) is 4.04. The van der Waals surface area contributed by atoms with Gasteiger partial charge in [-0.3, -0.25) is 0 Å². The molecule has 17 heavy (non-hydrogen) atoms. The van der Waals surface area contributed by atoms with E-state index in [0.717, 1.165) is 12.4 Å². The Bertz CT molecular complexity index is 321. The van der Waals surface area contributed by atoms with Gasteiger partial charge in [0, 0.05) is 20.8 Å². The first-order chi connectivity index (χ1) is 8.19. The van der Waals surface area contributed by atoms with Gasteiger partial charge in [-0.2, -0.15) is 0 Å². The fraction of sp³-hybridized carbons (Fsp3) is 0.636. The van der Waals surface area contributed by atoms with Crippen LogP contribution in [0.15, 0.2) is 12.1 Å². The molecular formula is C11H18ClN3O2. The Balaban J connectivity index is 2.77. The van der Waals surface area contributed by atoms with Crippen molar-refractivity contribution in [3.05, 3.63) is 17.3 Å². The highest BCUT2D eigenvalue weighted by atomic mass is 35.5. The van der Waals surface area contributed by atoms with E-state index in [1.54, 1.807) is 20.3 Å². The second-order valence-electron chi connectivity index (χ2n) is 3.70. The summed E-state index contributed by atoms with van der Waals surface area (Å²) < 4.78 is 10.2. The summed E-state index contributed by atoms with van der Waals surface area (Å²) in [4.78, 5) is 2.08. The van der Waals surface area contributed by atoms with Crippen molar-refractivity contribution in [3.8, 4) is 0 Å². The lowest BCUT2D eigenvalue weighted by Gasteiger charge is -2.29. The fourth-order valence-corrected chi connectivity index (χ4v) is 1.64. The fourth-order valence-electron chi connectivity index (χ4n) is 1.54. The average molecular weight is 260 g/mol. The molecule has 1 atom stereocenters. The summed E-state index contributed by atoms with van der Waals surface area (Å²) in [7, 11) is 3.35. The lowest BCUT2D eigenvalue weighted by Crippen LogP contribution is -2.39. The van der Waals surface area contributed by atoms with Crippen LogP contribution < -0.4 is 4.90 Å². The van der Waals surface area contributed by atoms with Crippen molar-refractivity contribution in [2.24, 2.45) is 0 Å². The largest absolute Gasteiger partial charge is 0.383 e. The molecule has 1 aromatic heterocycles. The number of nitrogens with zero attached hydrogens (tertiary/aromatic N) is 3. The molecule has 1 rings (SSSR count). The highest BCUT2D eigenvalue weighted by Gasteiger charge is 2.15. The van der Waals surface area contributed by atoms with E-state index in [9.17, 15) is 0 Å². The Morgan fingerprint density at radius 1 is 1.29 bits per heavy atom. The number of aromatic nitrogens is 2. The minimum absolute atomic E-state index is 0.200. The number of ether oxygens (including phenoxy) is 2. The van der Waals surface area contributed by atoms with Crippen molar-refractivity contribution in [3.63, 3.8) is 0 Å². The van der Waals surface area contributed by atoms with Crippen LogP contribution in [0.3, 0.4) is 0 Å². The summed E-state index contributed by atoms with van der Waals surface area (Å²) >= 11 is 5.72. The van der Waals surface area contributed by atoms with E-state index in [1.165, 1.54) is 0 Å². The topological polar surface area (TPSA) is 47.5 Å².